The lowest BCUT2D eigenvalue weighted by molar-refractivity contribution is -0.105. The van der Waals surface area contributed by atoms with Crippen LogP contribution >= 0.6 is 0 Å². The van der Waals surface area contributed by atoms with Crippen molar-refractivity contribution in [3.8, 4) is 17.2 Å². The number of hydrogen-bond acceptors (Lipinski definition) is 3. The summed E-state index contributed by atoms with van der Waals surface area (Å²) in [6, 6.07) is 15.1. The molecule has 2 aromatic rings. The maximum absolute atomic E-state index is 10.8. The fraction of sp³-hybridized carbons (Fsp3) is 0.0625. The summed E-state index contributed by atoms with van der Waals surface area (Å²) in [5.74, 6) is 2.27. The van der Waals surface area contributed by atoms with Crippen LogP contribution in [0.3, 0.4) is 0 Å². The van der Waals surface area contributed by atoms with Gasteiger partial charge in [0.2, 0.25) is 0 Å². The molecule has 1 aliphatic rings. The minimum absolute atomic E-state index is 0.329. The van der Waals surface area contributed by atoms with E-state index in [9.17, 15) is 4.79 Å². The Balaban J connectivity index is 1.90. The smallest absolute Gasteiger partial charge is 0.149 e. The highest BCUT2D eigenvalue weighted by molar-refractivity contribution is 5.84. The Labute approximate surface area is 111 Å². The zero-order chi connectivity index (χ0) is 13.1. The van der Waals surface area contributed by atoms with Crippen LogP contribution in [0.15, 0.2) is 54.1 Å². The molecule has 0 aromatic heterocycles. The van der Waals surface area contributed by atoms with Gasteiger partial charge < -0.3 is 9.47 Å². The number of para-hydroxylation sites is 1. The lowest BCUT2D eigenvalue weighted by Crippen LogP contribution is -2.07. The summed E-state index contributed by atoms with van der Waals surface area (Å²) in [7, 11) is 0. The summed E-state index contributed by atoms with van der Waals surface area (Å²) in [4.78, 5) is 10.8. The Morgan fingerprint density at radius 1 is 1.05 bits per heavy atom. The molecule has 1 heterocycles. The predicted octanol–water partition coefficient (Wildman–Crippen LogP) is 3.45. The monoisotopic (exact) mass is 252 g/mol. The molecule has 0 amide bonds. The van der Waals surface area contributed by atoms with Crippen molar-refractivity contribution in [2.24, 2.45) is 0 Å². The normalized spacial score (nSPS) is 12.9. The van der Waals surface area contributed by atoms with Crippen LogP contribution < -0.4 is 9.47 Å². The first-order valence-electron chi connectivity index (χ1n) is 6.01. The highest BCUT2D eigenvalue weighted by Gasteiger charge is 2.11. The van der Waals surface area contributed by atoms with Crippen molar-refractivity contribution in [2.75, 3.05) is 6.61 Å². The van der Waals surface area contributed by atoms with E-state index in [1.54, 1.807) is 0 Å². The molecule has 0 atom stereocenters. The van der Waals surface area contributed by atoms with Crippen LogP contribution in [0.5, 0.6) is 17.2 Å². The van der Waals surface area contributed by atoms with Crippen LogP contribution in [-0.2, 0) is 4.79 Å². The van der Waals surface area contributed by atoms with Gasteiger partial charge in [-0.2, -0.15) is 0 Å². The summed E-state index contributed by atoms with van der Waals surface area (Å²) in [6.07, 6.45) is 2.64. The Kier molecular flexibility index (Phi) is 3.02. The molecule has 0 unspecified atom stereocenters. The second-order valence-corrected chi connectivity index (χ2v) is 4.24. The van der Waals surface area contributed by atoms with E-state index in [0.717, 1.165) is 29.1 Å². The first-order chi connectivity index (χ1) is 9.35. The standard InChI is InChI=1S/C16H12O3/c17-10-12-8-13-9-15(6-7-16(13)18-11-12)19-14-4-2-1-3-5-14/h1-10H,11H2. The zero-order valence-electron chi connectivity index (χ0n) is 10.2. The van der Waals surface area contributed by atoms with E-state index in [4.69, 9.17) is 9.47 Å². The van der Waals surface area contributed by atoms with E-state index < -0.39 is 0 Å². The SMILES string of the molecule is O=CC1=Cc2cc(Oc3ccccc3)ccc2OC1. The predicted molar refractivity (Wildman–Crippen MR) is 72.5 cm³/mol. The van der Waals surface area contributed by atoms with E-state index in [-0.39, 0.29) is 0 Å². The van der Waals surface area contributed by atoms with Crippen LogP contribution in [0.1, 0.15) is 5.56 Å². The molecule has 0 bridgehead atoms. The minimum atomic E-state index is 0.329. The van der Waals surface area contributed by atoms with Crippen LogP contribution in [0.25, 0.3) is 6.08 Å². The third kappa shape index (κ3) is 2.50. The van der Waals surface area contributed by atoms with Crippen molar-refractivity contribution < 1.29 is 14.3 Å². The Bertz CT molecular complexity index is 630. The van der Waals surface area contributed by atoms with Crippen LogP contribution in [-0.4, -0.2) is 12.9 Å². The number of benzene rings is 2. The van der Waals surface area contributed by atoms with Crippen molar-refractivity contribution in [2.45, 2.75) is 0 Å². The molecule has 94 valence electrons. The van der Waals surface area contributed by atoms with Crippen molar-refractivity contribution in [1.82, 2.24) is 0 Å². The number of ether oxygens (including phenoxy) is 2. The third-order valence-electron chi connectivity index (χ3n) is 2.85. The van der Waals surface area contributed by atoms with Gasteiger partial charge in [-0.15, -0.1) is 0 Å². The Hall–Kier alpha value is -2.55. The molecule has 0 radical (unpaired) electrons. The molecule has 2 aromatic carbocycles. The molecule has 3 heteroatoms. The molecule has 3 rings (SSSR count). The maximum atomic E-state index is 10.8. The molecular formula is C16H12O3. The zero-order valence-corrected chi connectivity index (χ0v) is 10.2. The molecule has 0 aliphatic carbocycles. The average molecular weight is 252 g/mol. The first-order valence-corrected chi connectivity index (χ1v) is 6.01. The largest absolute Gasteiger partial charge is 0.488 e. The second kappa shape index (κ2) is 4.98. The van der Waals surface area contributed by atoms with Gasteiger partial charge >= 0.3 is 0 Å². The Morgan fingerprint density at radius 2 is 1.89 bits per heavy atom. The van der Waals surface area contributed by atoms with E-state index in [1.165, 1.54) is 0 Å². The number of carbonyl (C=O) groups is 1. The molecule has 0 spiro atoms. The van der Waals surface area contributed by atoms with Gasteiger partial charge in [0.05, 0.1) is 0 Å². The second-order valence-electron chi connectivity index (χ2n) is 4.24. The van der Waals surface area contributed by atoms with Crippen molar-refractivity contribution in [3.05, 3.63) is 59.7 Å². The van der Waals surface area contributed by atoms with Gasteiger partial charge in [0.25, 0.3) is 0 Å². The molecule has 0 saturated heterocycles. The van der Waals surface area contributed by atoms with Gasteiger partial charge in [0.1, 0.15) is 30.1 Å². The molecule has 0 fully saturated rings. The molecule has 0 saturated carbocycles. The van der Waals surface area contributed by atoms with Gasteiger partial charge in [-0.3, -0.25) is 4.79 Å². The number of rotatable bonds is 3. The third-order valence-corrected chi connectivity index (χ3v) is 2.85. The maximum Gasteiger partial charge on any atom is 0.149 e. The number of aldehydes is 1. The summed E-state index contributed by atoms with van der Waals surface area (Å²) < 4.78 is 11.2. The number of carbonyl (C=O) groups excluding carboxylic acids is 1. The minimum Gasteiger partial charge on any atom is -0.488 e. The van der Waals surface area contributed by atoms with Gasteiger partial charge in [-0.1, -0.05) is 18.2 Å². The highest BCUT2D eigenvalue weighted by Crippen LogP contribution is 2.31. The lowest BCUT2D eigenvalue weighted by atomic mass is 10.1. The van der Waals surface area contributed by atoms with Gasteiger partial charge in [-0.05, 0) is 36.4 Å². The van der Waals surface area contributed by atoms with Gasteiger partial charge in [0.15, 0.2) is 0 Å². The van der Waals surface area contributed by atoms with Crippen LogP contribution in [0.4, 0.5) is 0 Å². The molecule has 19 heavy (non-hydrogen) atoms. The number of fused-ring (bicyclic) bond motifs is 1. The van der Waals surface area contributed by atoms with Crippen LogP contribution in [0, 0.1) is 0 Å². The fourth-order valence-corrected chi connectivity index (χ4v) is 1.93. The summed E-state index contributed by atoms with van der Waals surface area (Å²) in [5.41, 5.74) is 1.49. The van der Waals surface area contributed by atoms with Crippen molar-refractivity contribution >= 4 is 12.4 Å². The number of hydrogen-bond donors (Lipinski definition) is 0. The highest BCUT2D eigenvalue weighted by atomic mass is 16.5. The fourth-order valence-electron chi connectivity index (χ4n) is 1.93. The average Bonchev–Trinajstić information content (AvgIpc) is 2.47. The summed E-state index contributed by atoms with van der Waals surface area (Å²) in [5, 5.41) is 0. The van der Waals surface area contributed by atoms with E-state index in [2.05, 4.69) is 0 Å². The van der Waals surface area contributed by atoms with E-state index in [0.29, 0.717) is 12.2 Å². The van der Waals surface area contributed by atoms with Crippen molar-refractivity contribution in [3.63, 3.8) is 0 Å². The lowest BCUT2D eigenvalue weighted by Gasteiger charge is -2.16. The van der Waals surface area contributed by atoms with Crippen LogP contribution in [0.2, 0.25) is 0 Å². The van der Waals surface area contributed by atoms with E-state index >= 15 is 0 Å². The van der Waals surface area contributed by atoms with Gasteiger partial charge in [-0.25, -0.2) is 0 Å². The summed E-state index contributed by atoms with van der Waals surface area (Å²) >= 11 is 0. The molecular weight excluding hydrogens is 240 g/mol. The first kappa shape index (κ1) is 11.5. The summed E-state index contributed by atoms with van der Waals surface area (Å²) in [6.45, 7) is 0.329. The van der Waals surface area contributed by atoms with Crippen molar-refractivity contribution in [1.29, 1.82) is 0 Å². The quantitative estimate of drug-likeness (QED) is 0.785. The van der Waals surface area contributed by atoms with E-state index in [1.807, 2.05) is 54.6 Å². The topological polar surface area (TPSA) is 35.5 Å². The Morgan fingerprint density at radius 3 is 2.68 bits per heavy atom. The molecule has 3 nitrogen and oxygen atoms in total. The molecule has 0 N–H and O–H groups in total. The van der Waals surface area contributed by atoms with Gasteiger partial charge in [0, 0.05) is 11.1 Å². The molecule has 1 aliphatic heterocycles.